The number of nitrogens with zero attached hydrogens (tertiary/aromatic N) is 1. The normalized spacial score (nSPS) is 16.4. The van der Waals surface area contributed by atoms with Crippen molar-refractivity contribution in [3.05, 3.63) is 156 Å². The maximum atomic E-state index is 6.99. The summed E-state index contributed by atoms with van der Waals surface area (Å²) < 4.78 is 56.2. The first-order valence-electron chi connectivity index (χ1n) is 24.8. The monoisotopic (exact) mass is 1050 g/mol. The lowest BCUT2D eigenvalue weighted by Gasteiger charge is -2.23. The second-order valence-electron chi connectivity index (χ2n) is 18.0. The second-order valence-corrected chi connectivity index (χ2v) is 19.1. The Bertz CT molecular complexity index is 2550. The number of rotatable bonds is 3. The molecule has 0 spiro atoms. The van der Waals surface area contributed by atoms with Gasteiger partial charge in [0.1, 0.15) is 56.9 Å². The molecule has 386 valence electrons. The first-order valence-corrected chi connectivity index (χ1v) is 25.9. The van der Waals surface area contributed by atoms with Gasteiger partial charge in [0.2, 0.25) is 0 Å². The summed E-state index contributed by atoms with van der Waals surface area (Å²) in [5.41, 5.74) is 9.20. The number of benzene rings is 6. The fourth-order valence-corrected chi connectivity index (χ4v) is 10.1. The Balaban J connectivity index is 1.11. The van der Waals surface area contributed by atoms with E-state index in [-0.39, 0.29) is 39.6 Å². The highest BCUT2D eigenvalue weighted by Gasteiger charge is 2.24. The summed E-state index contributed by atoms with van der Waals surface area (Å²) in [5, 5.41) is 12.5. The number of hydrogen-bond acceptors (Lipinski definition) is 13. The molecule has 6 aromatic rings. The molecule has 0 atom stereocenters. The molecule has 1 aliphatic carbocycles. The highest BCUT2D eigenvalue weighted by molar-refractivity contribution is 6.33. The maximum Gasteiger partial charge on any atom is 0.161 e. The molecule has 0 saturated heterocycles. The molecule has 0 fully saturated rings. The van der Waals surface area contributed by atoms with E-state index in [9.17, 15) is 0 Å². The van der Waals surface area contributed by atoms with E-state index in [4.69, 9.17) is 77.4 Å². The summed E-state index contributed by atoms with van der Waals surface area (Å²) in [5.74, 6) is 5.40. The summed E-state index contributed by atoms with van der Waals surface area (Å²) in [7, 11) is 4.97. The van der Waals surface area contributed by atoms with Crippen LogP contribution >= 0.6 is 34.8 Å². The van der Waals surface area contributed by atoms with E-state index < -0.39 is 0 Å². The van der Waals surface area contributed by atoms with Crippen LogP contribution in [0.25, 0.3) is 0 Å². The molecule has 13 rings (SSSR count). The van der Waals surface area contributed by atoms with Crippen LogP contribution in [0.3, 0.4) is 0 Å². The van der Waals surface area contributed by atoms with Crippen molar-refractivity contribution in [1.29, 1.82) is 0 Å². The van der Waals surface area contributed by atoms with Gasteiger partial charge in [-0.15, -0.1) is 0 Å². The number of hydrogen-bond donors (Lipinski definition) is 3. The number of fused-ring (bicyclic) bond motifs is 3. The zero-order valence-electron chi connectivity index (χ0n) is 41.6. The Labute approximate surface area is 443 Å². The van der Waals surface area contributed by atoms with E-state index in [0.29, 0.717) is 106 Å². The maximum absolute atomic E-state index is 6.99. The molecule has 3 N–H and O–H groups in total. The van der Waals surface area contributed by atoms with Gasteiger partial charge in [-0.2, -0.15) is 0 Å². The van der Waals surface area contributed by atoms with Crippen LogP contribution in [0.5, 0.6) is 51.7 Å². The van der Waals surface area contributed by atoms with Crippen molar-refractivity contribution in [2.24, 2.45) is 0 Å². The van der Waals surface area contributed by atoms with Gasteiger partial charge in [-0.1, -0.05) is 71.2 Å². The molecule has 73 heavy (non-hydrogen) atoms. The predicted octanol–water partition coefficient (Wildman–Crippen LogP) is 9.73. The lowest BCUT2D eigenvalue weighted by molar-refractivity contribution is 0.211. The summed E-state index contributed by atoms with van der Waals surface area (Å²) in [6, 6.07) is 30.0. The van der Waals surface area contributed by atoms with Crippen LogP contribution in [-0.4, -0.2) is 105 Å². The SMILES string of the molecule is COc1cc2c3cc1OCCOc1cccc(c1Cl)CNCCN1CCNCc4cccc(c4Cl)OCCOc4cc(c(cc4OC)C3)Cc3cc(OC)c(cc3C2)OCCOc2cccc(c2Cl)CNCC1. The van der Waals surface area contributed by atoms with Crippen molar-refractivity contribution in [3.8, 4) is 51.7 Å². The van der Waals surface area contributed by atoms with Crippen molar-refractivity contribution in [3.63, 3.8) is 0 Å². The van der Waals surface area contributed by atoms with Crippen LogP contribution < -0.4 is 58.6 Å². The van der Waals surface area contributed by atoms with Gasteiger partial charge in [-0.05, 0) is 124 Å². The van der Waals surface area contributed by atoms with E-state index in [1.807, 2.05) is 54.6 Å². The number of ether oxygens (including phenoxy) is 9. The van der Waals surface area contributed by atoms with Gasteiger partial charge in [-0.3, -0.25) is 4.90 Å². The third-order valence-corrected chi connectivity index (χ3v) is 14.6. The van der Waals surface area contributed by atoms with E-state index >= 15 is 0 Å². The molecule has 16 heteroatoms. The molecule has 0 aromatic heterocycles. The molecule has 7 aliphatic rings. The molecule has 0 radical (unpaired) electrons. The standard InChI is InChI=1S/C57H63Cl3N4O9/c1-65-49-28-40-25-44-32-53-51(67-3)30-42(44)27-45-33-54-50(66-2)29-41(45)26-43(40)31-52(49)71-22-19-68-46-10-4-7-37(55(46)58)34-61-13-16-64(17-14-62-35-38-8-5-11-47(56(38)59)69-20-23-72-53)18-15-63-36-39-9-6-12-48(57(39)60)70-21-24-73-54/h4-12,28-33,61-63H,13-27,34-36H2,1-3H3. The van der Waals surface area contributed by atoms with Gasteiger partial charge in [-0.25, -0.2) is 0 Å². The fourth-order valence-electron chi connectivity index (χ4n) is 9.39. The first-order chi connectivity index (χ1) is 35.8. The van der Waals surface area contributed by atoms with Gasteiger partial charge in [0.25, 0.3) is 0 Å². The topological polar surface area (TPSA) is 122 Å². The lowest BCUT2D eigenvalue weighted by Crippen LogP contribution is -2.40. The molecule has 0 amide bonds. The average molecular weight is 1050 g/mol. The Hall–Kier alpha value is -5.77. The van der Waals surface area contributed by atoms with Crippen molar-refractivity contribution >= 4 is 34.8 Å². The molecular weight excluding hydrogens is 991 g/mol. The molecule has 13 nitrogen and oxygen atoms in total. The van der Waals surface area contributed by atoms with Crippen LogP contribution in [-0.2, 0) is 38.9 Å². The Kier molecular flexibility index (Phi) is 18.2. The second kappa shape index (κ2) is 25.4. The lowest BCUT2D eigenvalue weighted by atomic mass is 9.94. The van der Waals surface area contributed by atoms with Crippen LogP contribution in [0.15, 0.2) is 91.0 Å². The van der Waals surface area contributed by atoms with Crippen molar-refractivity contribution in [1.82, 2.24) is 20.9 Å². The average Bonchev–Trinajstić information content (AvgIpc) is 3.45. The van der Waals surface area contributed by atoms with Gasteiger partial charge >= 0.3 is 0 Å². The number of methoxy groups -OCH3 is 3. The Morgan fingerprint density at radius 1 is 0.370 bits per heavy atom. The number of halogens is 3. The van der Waals surface area contributed by atoms with Gasteiger partial charge < -0.3 is 58.6 Å². The van der Waals surface area contributed by atoms with Gasteiger partial charge in [0.05, 0.1) is 36.4 Å². The minimum atomic E-state index is 0.254. The summed E-state index contributed by atoms with van der Waals surface area (Å²) in [6.45, 7) is 7.88. The zero-order chi connectivity index (χ0) is 50.5. The van der Waals surface area contributed by atoms with Crippen LogP contribution in [0.2, 0.25) is 15.1 Å². The minimum absolute atomic E-state index is 0.254. The first kappa shape index (κ1) is 52.1. The summed E-state index contributed by atoms with van der Waals surface area (Å²) >= 11 is 21.0. The van der Waals surface area contributed by atoms with E-state index in [1.54, 1.807) is 21.3 Å². The predicted molar refractivity (Wildman–Crippen MR) is 286 cm³/mol. The highest BCUT2D eigenvalue weighted by atomic mass is 35.5. The molecule has 0 unspecified atom stereocenters. The van der Waals surface area contributed by atoms with Gasteiger partial charge in [0.15, 0.2) is 34.5 Å². The van der Waals surface area contributed by atoms with Crippen LogP contribution in [0, 0.1) is 0 Å². The van der Waals surface area contributed by atoms with E-state index in [1.165, 1.54) is 0 Å². The zero-order valence-corrected chi connectivity index (χ0v) is 43.9. The highest BCUT2D eigenvalue weighted by Crippen LogP contribution is 2.41. The third kappa shape index (κ3) is 13.1. The summed E-state index contributed by atoms with van der Waals surface area (Å²) in [4.78, 5) is 2.42. The van der Waals surface area contributed by atoms with E-state index in [2.05, 4.69) is 57.2 Å². The molecule has 0 saturated carbocycles. The van der Waals surface area contributed by atoms with Crippen LogP contribution in [0.4, 0.5) is 0 Å². The van der Waals surface area contributed by atoms with Crippen LogP contribution in [0.1, 0.15) is 50.1 Å². The molecule has 6 heterocycles. The molecular formula is C57H63Cl3N4O9. The molecule has 16 bridgehead atoms. The van der Waals surface area contributed by atoms with E-state index in [0.717, 1.165) is 89.3 Å². The Morgan fingerprint density at radius 2 is 0.644 bits per heavy atom. The smallest absolute Gasteiger partial charge is 0.161 e. The van der Waals surface area contributed by atoms with Crippen molar-refractivity contribution in [2.75, 3.05) is 100 Å². The Morgan fingerprint density at radius 3 is 0.932 bits per heavy atom. The summed E-state index contributed by atoms with van der Waals surface area (Å²) in [6.07, 6.45) is 1.72. The third-order valence-electron chi connectivity index (χ3n) is 13.3. The quantitative estimate of drug-likeness (QED) is 0.156. The largest absolute Gasteiger partial charge is 0.493 e. The minimum Gasteiger partial charge on any atom is -0.493 e. The van der Waals surface area contributed by atoms with Crippen molar-refractivity contribution < 1.29 is 42.6 Å². The van der Waals surface area contributed by atoms with Gasteiger partial charge in [0, 0.05) is 58.9 Å². The number of nitrogens with one attached hydrogen (secondary N) is 3. The fraction of sp³-hybridized carbons (Fsp3) is 0.368. The molecule has 6 aromatic carbocycles. The van der Waals surface area contributed by atoms with Crippen molar-refractivity contribution in [2.45, 2.75) is 38.9 Å². The molecule has 6 aliphatic heterocycles.